The number of hydrogen-bond acceptors (Lipinski definition) is 7. The van der Waals surface area contributed by atoms with Crippen molar-refractivity contribution in [3.05, 3.63) is 59.9 Å². The third-order valence-electron chi connectivity index (χ3n) is 5.90. The first kappa shape index (κ1) is 19.0. The van der Waals surface area contributed by atoms with E-state index in [9.17, 15) is 4.79 Å². The number of rotatable bonds is 4. The molecule has 1 amide bonds. The Hall–Kier alpha value is -3.72. The third kappa shape index (κ3) is 3.60. The molecule has 0 radical (unpaired) electrons. The number of carbonyl (C=O) groups is 1. The van der Waals surface area contributed by atoms with E-state index in [2.05, 4.69) is 25.8 Å². The van der Waals surface area contributed by atoms with Crippen LogP contribution in [0.3, 0.4) is 0 Å². The highest BCUT2D eigenvalue weighted by molar-refractivity contribution is 5.98. The lowest BCUT2D eigenvalue weighted by Crippen LogP contribution is -2.18. The quantitative estimate of drug-likeness (QED) is 0.499. The fourth-order valence-electron chi connectivity index (χ4n) is 4.06. The first-order valence-electron chi connectivity index (χ1n) is 10.8. The molecule has 0 unspecified atom stereocenters. The Balaban J connectivity index is 1.22. The van der Waals surface area contributed by atoms with Crippen LogP contribution in [0.5, 0.6) is 11.6 Å². The molecule has 0 saturated heterocycles. The van der Waals surface area contributed by atoms with Crippen LogP contribution in [0.25, 0.3) is 10.9 Å². The van der Waals surface area contributed by atoms with Crippen LogP contribution >= 0.6 is 0 Å². The van der Waals surface area contributed by atoms with Crippen molar-refractivity contribution in [1.82, 2.24) is 25.0 Å². The molecule has 2 aliphatic rings. The van der Waals surface area contributed by atoms with Crippen LogP contribution in [-0.4, -0.2) is 32.3 Å². The van der Waals surface area contributed by atoms with E-state index in [0.717, 1.165) is 60.1 Å². The summed E-state index contributed by atoms with van der Waals surface area (Å²) in [5.41, 5.74) is 2.80. The largest absolute Gasteiger partial charge is 0.439 e. The van der Waals surface area contributed by atoms with Crippen molar-refractivity contribution >= 4 is 22.8 Å². The predicted octanol–water partition coefficient (Wildman–Crippen LogP) is 4.21. The number of benzene rings is 1. The first-order chi connectivity index (χ1) is 15.7. The molecule has 1 saturated carbocycles. The maximum absolute atomic E-state index is 12.8. The zero-order valence-electron chi connectivity index (χ0n) is 17.4. The van der Waals surface area contributed by atoms with Crippen molar-refractivity contribution in [2.45, 2.75) is 38.1 Å². The summed E-state index contributed by atoms with van der Waals surface area (Å²) in [6.45, 7) is 1.64. The van der Waals surface area contributed by atoms with Crippen LogP contribution < -0.4 is 15.4 Å². The standard InChI is InChI=1S/C23H22N6O3/c30-23(27-21-11-20(32-28-21)14-3-4-14)29-9-7-15-10-16(5-6-19(15)29)31-22-17-12-24-8-1-2-18(17)25-13-26-22/h5-7,9-11,13-14,24H,1-4,8,12H2,(H,27,28,30). The Bertz CT molecular complexity index is 1310. The second kappa shape index (κ2) is 7.76. The van der Waals surface area contributed by atoms with Gasteiger partial charge in [0.05, 0.1) is 16.8 Å². The maximum Gasteiger partial charge on any atom is 0.331 e. The number of anilines is 1. The van der Waals surface area contributed by atoms with E-state index in [1.165, 1.54) is 0 Å². The second-order valence-corrected chi connectivity index (χ2v) is 8.21. The van der Waals surface area contributed by atoms with Gasteiger partial charge in [0.2, 0.25) is 5.88 Å². The number of nitrogens with one attached hydrogen (secondary N) is 2. The molecule has 2 N–H and O–H groups in total. The fourth-order valence-corrected chi connectivity index (χ4v) is 4.06. The van der Waals surface area contributed by atoms with Crippen LogP contribution in [0.2, 0.25) is 0 Å². The summed E-state index contributed by atoms with van der Waals surface area (Å²) >= 11 is 0. The minimum absolute atomic E-state index is 0.295. The van der Waals surface area contributed by atoms with Crippen LogP contribution in [-0.2, 0) is 13.0 Å². The van der Waals surface area contributed by atoms with Crippen molar-refractivity contribution in [2.24, 2.45) is 0 Å². The number of aryl methyl sites for hydroxylation is 1. The Morgan fingerprint density at radius 2 is 2.16 bits per heavy atom. The fraction of sp³-hybridized carbons (Fsp3) is 0.304. The van der Waals surface area contributed by atoms with Gasteiger partial charge >= 0.3 is 6.03 Å². The Morgan fingerprint density at radius 3 is 3.06 bits per heavy atom. The minimum Gasteiger partial charge on any atom is -0.439 e. The highest BCUT2D eigenvalue weighted by atomic mass is 16.5. The van der Waals surface area contributed by atoms with Crippen LogP contribution in [0.1, 0.15) is 42.2 Å². The smallest absolute Gasteiger partial charge is 0.331 e. The van der Waals surface area contributed by atoms with E-state index in [4.69, 9.17) is 9.26 Å². The number of nitrogens with zero attached hydrogens (tertiary/aromatic N) is 4. The molecule has 6 rings (SSSR count). The van der Waals surface area contributed by atoms with Crippen LogP contribution in [0, 0.1) is 0 Å². The highest BCUT2D eigenvalue weighted by Crippen LogP contribution is 2.40. The lowest BCUT2D eigenvalue weighted by Gasteiger charge is -2.12. The van der Waals surface area contributed by atoms with Crippen molar-refractivity contribution in [3.63, 3.8) is 0 Å². The van der Waals surface area contributed by atoms with E-state index in [-0.39, 0.29) is 6.03 Å². The van der Waals surface area contributed by atoms with E-state index < -0.39 is 0 Å². The summed E-state index contributed by atoms with van der Waals surface area (Å²) in [5, 5.41) is 11.0. The summed E-state index contributed by atoms with van der Waals surface area (Å²) in [7, 11) is 0. The number of hydrogen-bond donors (Lipinski definition) is 2. The van der Waals surface area contributed by atoms with E-state index in [0.29, 0.717) is 29.9 Å². The molecule has 9 nitrogen and oxygen atoms in total. The SMILES string of the molecule is O=C(Nc1cc(C2CC2)on1)n1ccc2cc(Oc3ncnc4c3CNCCC4)ccc21. The molecular formula is C23H22N6O3. The van der Waals surface area contributed by atoms with Gasteiger partial charge in [0.25, 0.3) is 0 Å². The average molecular weight is 430 g/mol. The van der Waals surface area contributed by atoms with Crippen LogP contribution in [0.15, 0.2) is 47.4 Å². The van der Waals surface area contributed by atoms with Crippen LogP contribution in [0.4, 0.5) is 10.6 Å². The zero-order valence-corrected chi connectivity index (χ0v) is 17.4. The molecule has 3 aromatic heterocycles. The van der Waals surface area contributed by atoms with Gasteiger partial charge in [0, 0.05) is 30.1 Å². The lowest BCUT2D eigenvalue weighted by atomic mass is 10.1. The summed E-state index contributed by atoms with van der Waals surface area (Å²) in [6.07, 6.45) is 7.46. The number of aromatic nitrogens is 4. The number of carbonyl (C=O) groups excluding carboxylic acids is 1. The van der Waals surface area contributed by atoms with Gasteiger partial charge in [-0.3, -0.25) is 9.88 Å². The topological polar surface area (TPSA) is 107 Å². The van der Waals surface area contributed by atoms with Crippen molar-refractivity contribution < 1.29 is 14.1 Å². The third-order valence-corrected chi connectivity index (χ3v) is 5.90. The zero-order chi connectivity index (χ0) is 21.5. The molecule has 9 heteroatoms. The summed E-state index contributed by atoms with van der Waals surface area (Å²) in [4.78, 5) is 21.5. The van der Waals surface area contributed by atoms with Gasteiger partial charge in [0.1, 0.15) is 17.8 Å². The van der Waals surface area contributed by atoms with Gasteiger partial charge in [-0.05, 0) is 56.5 Å². The molecule has 162 valence electrons. The van der Waals surface area contributed by atoms with E-state index >= 15 is 0 Å². The number of amides is 1. The monoisotopic (exact) mass is 430 g/mol. The molecule has 4 heterocycles. The Labute approximate surface area is 183 Å². The molecule has 0 bridgehead atoms. The predicted molar refractivity (Wildman–Crippen MR) is 117 cm³/mol. The minimum atomic E-state index is -0.295. The van der Waals surface area contributed by atoms with Gasteiger partial charge in [-0.15, -0.1) is 0 Å². The molecule has 4 aromatic rings. The summed E-state index contributed by atoms with van der Waals surface area (Å²) in [5.74, 6) is 2.93. The highest BCUT2D eigenvalue weighted by Gasteiger charge is 2.28. The number of fused-ring (bicyclic) bond motifs is 2. The maximum atomic E-state index is 12.8. The first-order valence-corrected chi connectivity index (χ1v) is 10.8. The normalized spacial score (nSPS) is 15.9. The van der Waals surface area contributed by atoms with Gasteiger partial charge in [-0.1, -0.05) is 5.16 Å². The molecule has 0 atom stereocenters. The molecule has 1 aliphatic heterocycles. The lowest BCUT2D eigenvalue weighted by molar-refractivity contribution is 0.254. The van der Waals surface area contributed by atoms with Crippen molar-refractivity contribution in [1.29, 1.82) is 0 Å². The number of ether oxygens (including phenoxy) is 1. The molecule has 1 fully saturated rings. The summed E-state index contributed by atoms with van der Waals surface area (Å²) < 4.78 is 13.0. The van der Waals surface area contributed by atoms with Crippen molar-refractivity contribution in [3.8, 4) is 11.6 Å². The van der Waals surface area contributed by atoms with Gasteiger partial charge < -0.3 is 14.6 Å². The molecule has 1 aliphatic carbocycles. The second-order valence-electron chi connectivity index (χ2n) is 8.21. The Kier molecular flexibility index (Phi) is 4.61. The van der Waals surface area contributed by atoms with Gasteiger partial charge in [0.15, 0.2) is 5.82 Å². The van der Waals surface area contributed by atoms with E-state index in [1.54, 1.807) is 23.2 Å². The van der Waals surface area contributed by atoms with Crippen molar-refractivity contribution in [2.75, 3.05) is 11.9 Å². The van der Waals surface area contributed by atoms with Gasteiger partial charge in [-0.25, -0.2) is 14.8 Å². The summed E-state index contributed by atoms with van der Waals surface area (Å²) in [6, 6.07) is 8.98. The molecule has 1 aromatic carbocycles. The molecular weight excluding hydrogens is 408 g/mol. The van der Waals surface area contributed by atoms with E-state index in [1.807, 2.05) is 24.3 Å². The molecule has 0 spiro atoms. The van der Waals surface area contributed by atoms with Gasteiger partial charge in [-0.2, -0.15) is 0 Å². The Morgan fingerprint density at radius 1 is 1.22 bits per heavy atom. The average Bonchev–Trinajstić information content (AvgIpc) is 3.48. The molecule has 32 heavy (non-hydrogen) atoms.